The van der Waals surface area contributed by atoms with E-state index in [0.29, 0.717) is 36.0 Å². The number of carbonyl (C=O) groups excluding carboxylic acids is 2. The molecule has 0 heterocycles. The van der Waals surface area contributed by atoms with E-state index in [2.05, 4.69) is 10.6 Å². The van der Waals surface area contributed by atoms with Crippen LogP contribution in [0.2, 0.25) is 0 Å². The molecule has 0 saturated heterocycles. The first-order valence-electron chi connectivity index (χ1n) is 10.9. The minimum absolute atomic E-state index is 0.325. The fourth-order valence-electron chi connectivity index (χ4n) is 3.22. The molecule has 1 unspecified atom stereocenters. The van der Waals surface area contributed by atoms with E-state index in [1.807, 2.05) is 68.4 Å². The monoisotopic (exact) mass is 444 g/mol. The topological polar surface area (TPSA) is 76.7 Å². The van der Waals surface area contributed by atoms with Gasteiger partial charge >= 0.3 is 0 Å². The average molecular weight is 445 g/mol. The van der Waals surface area contributed by atoms with Gasteiger partial charge in [0.2, 0.25) is 5.91 Å². The van der Waals surface area contributed by atoms with Gasteiger partial charge in [0.05, 0.1) is 13.2 Å². The predicted octanol–water partition coefficient (Wildman–Crippen LogP) is 4.99. The first kappa shape index (κ1) is 23.6. The van der Waals surface area contributed by atoms with Gasteiger partial charge in [-0.15, -0.1) is 0 Å². The van der Waals surface area contributed by atoms with E-state index in [1.54, 1.807) is 30.3 Å². The van der Waals surface area contributed by atoms with Crippen LogP contribution in [0, 0.1) is 0 Å². The highest BCUT2D eigenvalue weighted by Crippen LogP contribution is 2.29. The number of hydrogen-bond donors (Lipinski definition) is 2. The van der Waals surface area contributed by atoms with E-state index in [9.17, 15) is 9.59 Å². The lowest BCUT2D eigenvalue weighted by atomic mass is 10.1. The largest absolute Gasteiger partial charge is 0.490 e. The van der Waals surface area contributed by atoms with Crippen LogP contribution in [0.1, 0.15) is 31.0 Å². The van der Waals surface area contributed by atoms with Crippen molar-refractivity contribution in [3.8, 4) is 11.5 Å². The molecule has 3 aromatic carbocycles. The van der Waals surface area contributed by atoms with Gasteiger partial charge in [-0.05, 0) is 55.3 Å². The van der Waals surface area contributed by atoms with Crippen LogP contribution in [0.3, 0.4) is 0 Å². The van der Waals surface area contributed by atoms with Crippen molar-refractivity contribution >= 4 is 23.6 Å². The highest BCUT2D eigenvalue weighted by atomic mass is 16.5. The molecule has 0 aliphatic heterocycles. The number of hydrogen-bond acceptors (Lipinski definition) is 4. The number of amides is 2. The summed E-state index contributed by atoms with van der Waals surface area (Å²) in [5.74, 6) is 0.557. The Morgan fingerprint density at radius 2 is 1.48 bits per heavy atom. The number of para-hydroxylation sites is 1. The quantitative estimate of drug-likeness (QED) is 0.432. The summed E-state index contributed by atoms with van der Waals surface area (Å²) in [6.07, 6.45) is 3.07. The van der Waals surface area contributed by atoms with Crippen molar-refractivity contribution in [2.75, 3.05) is 18.5 Å². The Labute approximate surface area is 194 Å². The van der Waals surface area contributed by atoms with Crippen molar-refractivity contribution in [1.29, 1.82) is 0 Å². The maximum absolute atomic E-state index is 13.0. The van der Waals surface area contributed by atoms with Crippen LogP contribution in [0.25, 0.3) is 6.08 Å². The molecule has 0 radical (unpaired) electrons. The molecule has 1 atom stereocenters. The van der Waals surface area contributed by atoms with E-state index in [-0.39, 0.29) is 11.8 Å². The lowest BCUT2D eigenvalue weighted by Crippen LogP contribution is -2.36. The van der Waals surface area contributed by atoms with Crippen LogP contribution in [0.15, 0.2) is 84.9 Å². The lowest BCUT2D eigenvalue weighted by molar-refractivity contribution is -0.123. The van der Waals surface area contributed by atoms with Crippen molar-refractivity contribution < 1.29 is 19.1 Å². The third-order valence-corrected chi connectivity index (χ3v) is 4.72. The summed E-state index contributed by atoms with van der Waals surface area (Å²) < 4.78 is 11.2. The van der Waals surface area contributed by atoms with Crippen molar-refractivity contribution in [2.45, 2.75) is 19.9 Å². The van der Waals surface area contributed by atoms with Crippen molar-refractivity contribution in [3.63, 3.8) is 0 Å². The van der Waals surface area contributed by atoms with E-state index >= 15 is 0 Å². The number of anilines is 1. The van der Waals surface area contributed by atoms with Gasteiger partial charge in [0.1, 0.15) is 6.04 Å². The number of ether oxygens (including phenoxy) is 2. The highest BCUT2D eigenvalue weighted by Gasteiger charge is 2.22. The summed E-state index contributed by atoms with van der Waals surface area (Å²) in [6.45, 7) is 4.84. The summed E-state index contributed by atoms with van der Waals surface area (Å²) in [5.41, 5.74) is 2.13. The Morgan fingerprint density at radius 1 is 0.848 bits per heavy atom. The summed E-state index contributed by atoms with van der Waals surface area (Å²) in [4.78, 5) is 25.7. The molecule has 2 amide bonds. The number of nitrogens with one attached hydrogen (secondary N) is 2. The van der Waals surface area contributed by atoms with Gasteiger partial charge in [-0.25, -0.2) is 0 Å². The Bertz CT molecular complexity index is 1080. The summed E-state index contributed by atoms with van der Waals surface area (Å²) in [6, 6.07) is 22.9. The maximum Gasteiger partial charge on any atom is 0.251 e. The standard InChI is InChI=1S/C27H28N2O4/c1-3-32-23-17-15-20(19-24(23)33-4-2)16-18-25(30)29-26(21-11-7-5-8-12-21)27(31)28-22-13-9-6-10-14-22/h5-19,26H,3-4H2,1-2H3,(H,28,31)(H,29,30)/b18-16+. The van der Waals surface area contributed by atoms with Gasteiger partial charge < -0.3 is 20.1 Å². The summed E-state index contributed by atoms with van der Waals surface area (Å²) in [5, 5.41) is 5.65. The Hall–Kier alpha value is -4.06. The normalized spacial score (nSPS) is 11.6. The molecule has 0 spiro atoms. The molecule has 0 aliphatic rings. The Morgan fingerprint density at radius 3 is 2.15 bits per heavy atom. The Balaban J connectivity index is 1.75. The van der Waals surface area contributed by atoms with Gasteiger partial charge in [0.25, 0.3) is 5.91 Å². The second-order valence-electron chi connectivity index (χ2n) is 7.11. The molecule has 6 nitrogen and oxygen atoms in total. The van der Waals surface area contributed by atoms with Gasteiger partial charge in [0.15, 0.2) is 11.5 Å². The van der Waals surface area contributed by atoms with E-state index in [0.717, 1.165) is 5.56 Å². The molecule has 2 N–H and O–H groups in total. The zero-order valence-corrected chi connectivity index (χ0v) is 18.8. The summed E-state index contributed by atoms with van der Waals surface area (Å²) in [7, 11) is 0. The Kier molecular flexibility index (Phi) is 8.65. The molecular formula is C27H28N2O4. The van der Waals surface area contributed by atoms with Crippen LogP contribution in [-0.4, -0.2) is 25.0 Å². The second kappa shape index (κ2) is 12.1. The lowest BCUT2D eigenvalue weighted by Gasteiger charge is -2.18. The van der Waals surface area contributed by atoms with Gasteiger partial charge in [-0.3, -0.25) is 9.59 Å². The maximum atomic E-state index is 13.0. The third-order valence-electron chi connectivity index (χ3n) is 4.72. The molecule has 0 aromatic heterocycles. The highest BCUT2D eigenvalue weighted by molar-refractivity contribution is 6.00. The van der Waals surface area contributed by atoms with Crippen LogP contribution >= 0.6 is 0 Å². The van der Waals surface area contributed by atoms with Crippen molar-refractivity contribution in [2.24, 2.45) is 0 Å². The first-order chi connectivity index (χ1) is 16.1. The van der Waals surface area contributed by atoms with E-state index in [1.165, 1.54) is 6.08 Å². The van der Waals surface area contributed by atoms with Crippen molar-refractivity contribution in [1.82, 2.24) is 5.32 Å². The molecule has 6 heteroatoms. The van der Waals surface area contributed by atoms with Crippen LogP contribution in [0.4, 0.5) is 5.69 Å². The number of carbonyl (C=O) groups is 2. The molecule has 3 rings (SSSR count). The average Bonchev–Trinajstić information content (AvgIpc) is 2.84. The molecule has 0 saturated carbocycles. The molecule has 0 aliphatic carbocycles. The van der Waals surface area contributed by atoms with Gasteiger partial charge in [-0.2, -0.15) is 0 Å². The molecule has 0 bridgehead atoms. The fourth-order valence-corrected chi connectivity index (χ4v) is 3.22. The van der Waals surface area contributed by atoms with Crippen LogP contribution < -0.4 is 20.1 Å². The second-order valence-corrected chi connectivity index (χ2v) is 7.11. The van der Waals surface area contributed by atoms with Crippen LogP contribution in [-0.2, 0) is 9.59 Å². The molecule has 170 valence electrons. The van der Waals surface area contributed by atoms with Gasteiger partial charge in [0, 0.05) is 11.8 Å². The van der Waals surface area contributed by atoms with Crippen molar-refractivity contribution in [3.05, 3.63) is 96.1 Å². The minimum atomic E-state index is -0.845. The predicted molar refractivity (Wildman–Crippen MR) is 130 cm³/mol. The van der Waals surface area contributed by atoms with Gasteiger partial charge in [-0.1, -0.05) is 54.6 Å². The molecule has 33 heavy (non-hydrogen) atoms. The zero-order chi connectivity index (χ0) is 23.5. The number of rotatable bonds is 10. The molecular weight excluding hydrogens is 416 g/mol. The molecule has 0 fully saturated rings. The SMILES string of the molecule is CCOc1ccc(/C=C/C(=O)NC(C(=O)Nc2ccccc2)c2ccccc2)cc1OCC. The summed E-state index contributed by atoms with van der Waals surface area (Å²) >= 11 is 0. The first-order valence-corrected chi connectivity index (χ1v) is 10.9. The fraction of sp³-hybridized carbons (Fsp3) is 0.185. The zero-order valence-electron chi connectivity index (χ0n) is 18.8. The third kappa shape index (κ3) is 6.97. The molecule has 3 aromatic rings. The van der Waals surface area contributed by atoms with E-state index in [4.69, 9.17) is 9.47 Å². The minimum Gasteiger partial charge on any atom is -0.490 e. The van der Waals surface area contributed by atoms with Crippen LogP contribution in [0.5, 0.6) is 11.5 Å². The number of benzene rings is 3. The van der Waals surface area contributed by atoms with E-state index < -0.39 is 6.04 Å². The smallest absolute Gasteiger partial charge is 0.251 e.